The first-order valence-corrected chi connectivity index (χ1v) is 13.7. The van der Waals surface area contributed by atoms with E-state index in [1.54, 1.807) is 20.2 Å². The van der Waals surface area contributed by atoms with E-state index in [4.69, 9.17) is 23.2 Å². The van der Waals surface area contributed by atoms with E-state index in [2.05, 4.69) is 4.90 Å². The Kier molecular flexibility index (Phi) is 8.73. The SMILES string of the molecule is CN(C)C(=O)c1ccc(N2CCC(C3CCN(C(=O)C(O)(c4cccc(Cl)c4)C(F)(F)F)CC3)CC2)cc1Cl. The van der Waals surface area contributed by atoms with Gasteiger partial charge in [-0.3, -0.25) is 9.59 Å². The van der Waals surface area contributed by atoms with Crippen LogP contribution >= 0.6 is 23.2 Å². The van der Waals surface area contributed by atoms with Gasteiger partial charge in [0.15, 0.2) is 0 Å². The van der Waals surface area contributed by atoms with Crippen LogP contribution in [0.5, 0.6) is 0 Å². The number of alkyl halides is 3. The quantitative estimate of drug-likeness (QED) is 0.496. The summed E-state index contributed by atoms with van der Waals surface area (Å²) in [6, 6.07) is 10.2. The Bertz CT molecular complexity index is 1210. The minimum absolute atomic E-state index is 0.00768. The van der Waals surface area contributed by atoms with Crippen molar-refractivity contribution < 1.29 is 27.9 Å². The summed E-state index contributed by atoms with van der Waals surface area (Å²) in [6.45, 7) is 1.90. The molecule has 0 saturated carbocycles. The Hall–Kier alpha value is -2.49. The van der Waals surface area contributed by atoms with Gasteiger partial charge in [0.05, 0.1) is 10.6 Å². The summed E-state index contributed by atoms with van der Waals surface area (Å²) in [5.41, 5.74) is -2.83. The maximum Gasteiger partial charge on any atom is 0.430 e. The number of carbonyl (C=O) groups is 2. The summed E-state index contributed by atoms with van der Waals surface area (Å²) in [6.07, 6.45) is -2.23. The molecule has 2 aliphatic heterocycles. The predicted molar refractivity (Wildman–Crippen MR) is 145 cm³/mol. The Morgan fingerprint density at radius 3 is 2.03 bits per heavy atom. The number of carbonyl (C=O) groups excluding carboxylic acids is 2. The standard InChI is InChI=1S/C28H32Cl2F3N3O3/c1-34(2)25(37)23-7-6-22(17-24(23)30)35-12-8-18(9-13-35)19-10-14-36(15-11-19)26(38)27(39,28(31,32)33)20-4-3-5-21(29)16-20/h3-7,16-19,39H,8-15H2,1-2H3. The molecule has 0 bridgehead atoms. The average Bonchev–Trinajstić information content (AvgIpc) is 2.91. The zero-order chi connectivity index (χ0) is 28.5. The van der Waals surface area contributed by atoms with Crippen molar-refractivity contribution in [3.8, 4) is 0 Å². The number of rotatable bonds is 5. The summed E-state index contributed by atoms with van der Waals surface area (Å²) in [4.78, 5) is 30.1. The zero-order valence-electron chi connectivity index (χ0n) is 21.8. The van der Waals surface area contributed by atoms with Gasteiger partial charge in [0.1, 0.15) is 0 Å². The van der Waals surface area contributed by atoms with Crippen molar-refractivity contribution >= 4 is 40.7 Å². The number of hydrogen-bond acceptors (Lipinski definition) is 4. The van der Waals surface area contributed by atoms with Crippen molar-refractivity contribution in [1.82, 2.24) is 9.80 Å². The highest BCUT2D eigenvalue weighted by molar-refractivity contribution is 6.34. The Labute approximate surface area is 236 Å². The molecule has 212 valence electrons. The van der Waals surface area contributed by atoms with Crippen LogP contribution in [0.4, 0.5) is 18.9 Å². The number of benzene rings is 2. The van der Waals surface area contributed by atoms with Crippen molar-refractivity contribution in [1.29, 1.82) is 0 Å². The van der Waals surface area contributed by atoms with Crippen LogP contribution in [-0.2, 0) is 10.4 Å². The first kappa shape index (κ1) is 29.5. The summed E-state index contributed by atoms with van der Waals surface area (Å²) in [5, 5.41) is 11.1. The molecule has 39 heavy (non-hydrogen) atoms. The van der Waals surface area contributed by atoms with Crippen molar-refractivity contribution in [2.75, 3.05) is 45.2 Å². The molecule has 2 saturated heterocycles. The molecule has 11 heteroatoms. The topological polar surface area (TPSA) is 64.1 Å². The Morgan fingerprint density at radius 1 is 0.923 bits per heavy atom. The van der Waals surface area contributed by atoms with E-state index in [0.29, 0.717) is 29.3 Å². The van der Waals surface area contributed by atoms with E-state index in [1.807, 2.05) is 12.1 Å². The maximum absolute atomic E-state index is 14.0. The second-order valence-corrected chi connectivity index (χ2v) is 11.4. The van der Waals surface area contributed by atoms with Gasteiger partial charge >= 0.3 is 6.18 Å². The Morgan fingerprint density at radius 2 is 1.51 bits per heavy atom. The third-order valence-electron chi connectivity index (χ3n) is 7.95. The fraction of sp³-hybridized carbons (Fsp3) is 0.500. The van der Waals surface area contributed by atoms with Crippen molar-refractivity contribution in [2.24, 2.45) is 11.8 Å². The molecule has 1 unspecified atom stereocenters. The van der Waals surface area contributed by atoms with Gasteiger partial charge in [-0.1, -0.05) is 35.3 Å². The molecule has 0 aromatic heterocycles. The van der Waals surface area contributed by atoms with Crippen LogP contribution in [0.1, 0.15) is 41.6 Å². The summed E-state index contributed by atoms with van der Waals surface area (Å²) < 4.78 is 42.1. The summed E-state index contributed by atoms with van der Waals surface area (Å²) >= 11 is 12.2. The van der Waals surface area contributed by atoms with Crippen LogP contribution in [0.3, 0.4) is 0 Å². The van der Waals surface area contributed by atoms with E-state index in [9.17, 15) is 27.9 Å². The lowest BCUT2D eigenvalue weighted by atomic mass is 9.78. The van der Waals surface area contributed by atoms with Crippen LogP contribution in [0, 0.1) is 11.8 Å². The molecule has 1 atom stereocenters. The van der Waals surface area contributed by atoms with Gasteiger partial charge in [-0.2, -0.15) is 13.2 Å². The molecular weight excluding hydrogens is 554 g/mol. The van der Waals surface area contributed by atoms with Crippen LogP contribution in [-0.4, -0.2) is 73.2 Å². The molecule has 2 heterocycles. The highest BCUT2D eigenvalue weighted by Crippen LogP contribution is 2.42. The maximum atomic E-state index is 14.0. The van der Waals surface area contributed by atoms with Gasteiger partial charge < -0.3 is 19.8 Å². The normalized spacial score (nSPS) is 19.1. The van der Waals surface area contributed by atoms with Crippen LogP contribution in [0.25, 0.3) is 0 Å². The molecule has 4 rings (SSSR count). The molecule has 2 aliphatic rings. The van der Waals surface area contributed by atoms with Crippen LogP contribution < -0.4 is 4.90 Å². The number of amides is 2. The monoisotopic (exact) mass is 585 g/mol. The molecule has 0 radical (unpaired) electrons. The number of anilines is 1. The molecule has 0 aliphatic carbocycles. The molecule has 2 aromatic carbocycles. The second-order valence-electron chi connectivity index (χ2n) is 10.5. The van der Waals surface area contributed by atoms with Gasteiger partial charge in [-0.15, -0.1) is 0 Å². The van der Waals surface area contributed by atoms with Crippen molar-refractivity contribution in [3.63, 3.8) is 0 Å². The summed E-state index contributed by atoms with van der Waals surface area (Å²) in [5.74, 6) is -0.849. The van der Waals surface area contributed by atoms with Crippen LogP contribution in [0.2, 0.25) is 10.0 Å². The van der Waals surface area contributed by atoms with E-state index in [0.717, 1.165) is 48.7 Å². The Balaban J connectivity index is 1.35. The summed E-state index contributed by atoms with van der Waals surface area (Å²) in [7, 11) is 3.35. The fourth-order valence-corrected chi connectivity index (χ4v) is 6.11. The molecule has 0 spiro atoms. The van der Waals surface area contributed by atoms with Gasteiger partial charge in [0.25, 0.3) is 17.4 Å². The first-order chi connectivity index (χ1) is 18.3. The zero-order valence-corrected chi connectivity index (χ0v) is 23.4. The minimum Gasteiger partial charge on any atom is -0.371 e. The molecule has 2 fully saturated rings. The number of likely N-dealkylation sites (tertiary alicyclic amines) is 1. The smallest absolute Gasteiger partial charge is 0.371 e. The number of piperidine rings is 2. The van der Waals surface area contributed by atoms with E-state index >= 15 is 0 Å². The average molecular weight is 586 g/mol. The lowest BCUT2D eigenvalue weighted by molar-refractivity contribution is -0.262. The molecular formula is C28H32Cl2F3N3O3. The predicted octanol–water partition coefficient (Wildman–Crippen LogP) is 5.60. The highest BCUT2D eigenvalue weighted by Gasteiger charge is 2.62. The van der Waals surface area contributed by atoms with Gasteiger partial charge in [-0.05, 0) is 67.9 Å². The number of halogens is 5. The minimum atomic E-state index is -5.20. The lowest BCUT2D eigenvalue weighted by Gasteiger charge is -2.42. The largest absolute Gasteiger partial charge is 0.430 e. The van der Waals surface area contributed by atoms with Gasteiger partial charge in [0.2, 0.25) is 0 Å². The van der Waals surface area contributed by atoms with E-state index < -0.39 is 23.2 Å². The van der Waals surface area contributed by atoms with Crippen molar-refractivity contribution in [2.45, 2.75) is 37.5 Å². The third kappa shape index (κ3) is 6.00. The highest BCUT2D eigenvalue weighted by atomic mass is 35.5. The van der Waals surface area contributed by atoms with E-state index in [1.165, 1.54) is 17.0 Å². The van der Waals surface area contributed by atoms with Crippen molar-refractivity contribution in [3.05, 3.63) is 63.6 Å². The molecule has 2 aromatic rings. The fourth-order valence-electron chi connectivity index (χ4n) is 5.67. The van der Waals surface area contributed by atoms with Gasteiger partial charge in [0, 0.05) is 56.5 Å². The number of hydrogen-bond donors (Lipinski definition) is 1. The lowest BCUT2D eigenvalue weighted by Crippen LogP contribution is -2.57. The third-order valence-corrected chi connectivity index (χ3v) is 8.50. The second kappa shape index (κ2) is 11.6. The molecule has 1 N–H and O–H groups in total. The van der Waals surface area contributed by atoms with Gasteiger partial charge in [-0.25, -0.2) is 0 Å². The number of nitrogens with zero attached hydrogens (tertiary/aromatic N) is 3. The molecule has 2 amide bonds. The first-order valence-electron chi connectivity index (χ1n) is 12.9. The molecule has 6 nitrogen and oxygen atoms in total. The van der Waals surface area contributed by atoms with E-state index in [-0.39, 0.29) is 29.9 Å². The number of aliphatic hydroxyl groups is 1. The van der Waals surface area contributed by atoms with Crippen LogP contribution in [0.15, 0.2) is 42.5 Å².